The van der Waals surface area contributed by atoms with Crippen LogP contribution in [0.25, 0.3) is 22.4 Å². The van der Waals surface area contributed by atoms with Gasteiger partial charge in [0.05, 0.1) is 36.2 Å². The van der Waals surface area contributed by atoms with Gasteiger partial charge in [-0.3, -0.25) is 0 Å². The Hall–Kier alpha value is -4.03. The number of aromatic nitrogens is 4. The highest BCUT2D eigenvalue weighted by molar-refractivity contribution is 6.32. The molecule has 0 aliphatic carbocycles. The molecule has 0 bridgehead atoms. The Labute approximate surface area is 175 Å². The summed E-state index contributed by atoms with van der Waals surface area (Å²) in [6.07, 6.45) is 1.48. The van der Waals surface area contributed by atoms with Crippen molar-refractivity contribution in [3.63, 3.8) is 0 Å². The molecule has 9 nitrogen and oxygen atoms in total. The lowest BCUT2D eigenvalue weighted by molar-refractivity contribution is 0.0593. The van der Waals surface area contributed by atoms with E-state index in [0.29, 0.717) is 33.2 Å². The van der Waals surface area contributed by atoms with Gasteiger partial charge >= 0.3 is 5.97 Å². The molecule has 0 spiro atoms. The number of halogens is 1. The Bertz CT molecular complexity index is 1330. The zero-order valence-electron chi connectivity index (χ0n) is 16.0. The molecule has 150 valence electrons. The second-order valence-electron chi connectivity index (χ2n) is 6.26. The van der Waals surface area contributed by atoms with Crippen LogP contribution in [0.5, 0.6) is 5.75 Å². The van der Waals surface area contributed by atoms with Gasteiger partial charge in [-0.05, 0) is 36.4 Å². The van der Waals surface area contributed by atoms with Crippen LogP contribution in [0.2, 0.25) is 5.02 Å². The van der Waals surface area contributed by atoms with Gasteiger partial charge in [-0.2, -0.15) is 10.1 Å². The average Bonchev–Trinajstić information content (AvgIpc) is 3.33. The van der Waals surface area contributed by atoms with Crippen molar-refractivity contribution in [1.29, 1.82) is 5.26 Å². The number of nitrogens with two attached hydrogens (primary N) is 1. The van der Waals surface area contributed by atoms with Crippen molar-refractivity contribution in [2.24, 2.45) is 0 Å². The largest absolute Gasteiger partial charge is 0.495 e. The Kier molecular flexibility index (Phi) is 4.77. The van der Waals surface area contributed by atoms with Gasteiger partial charge in [-0.1, -0.05) is 11.6 Å². The molecule has 0 saturated carbocycles. The molecule has 30 heavy (non-hydrogen) atoms. The number of esters is 1. The summed E-state index contributed by atoms with van der Waals surface area (Å²) in [6, 6.07) is 12.4. The zero-order chi connectivity index (χ0) is 21.4. The summed E-state index contributed by atoms with van der Waals surface area (Å²) < 4.78 is 11.5. The second-order valence-corrected chi connectivity index (χ2v) is 6.67. The number of nitriles is 1. The topological polar surface area (TPSA) is 121 Å². The molecule has 10 heteroatoms. The maximum absolute atomic E-state index is 12.2. The number of hydrogen-bond acceptors (Lipinski definition) is 7. The van der Waals surface area contributed by atoms with E-state index in [1.807, 2.05) is 6.07 Å². The van der Waals surface area contributed by atoms with Gasteiger partial charge in [-0.25, -0.2) is 4.79 Å². The predicted molar refractivity (Wildman–Crippen MR) is 110 cm³/mol. The molecule has 0 fully saturated rings. The van der Waals surface area contributed by atoms with E-state index in [0.717, 1.165) is 0 Å². The number of nitrogens with zero attached hydrogens (tertiary/aromatic N) is 5. The summed E-state index contributed by atoms with van der Waals surface area (Å²) >= 11 is 6.20. The minimum absolute atomic E-state index is 0.0565. The standard InChI is InChI=1S/C20H15ClN6O3/c1-29-17-6-4-13(7-14(17)21)27-24-15-5-3-12(8-16(15)25-27)26-10-11(9-22)18(23)19(26)20(28)30-2/h3-8,10H,23H2,1-2H3. The van der Waals surface area contributed by atoms with Crippen molar-refractivity contribution in [1.82, 2.24) is 19.6 Å². The Morgan fingerprint density at radius 3 is 2.53 bits per heavy atom. The van der Waals surface area contributed by atoms with E-state index < -0.39 is 5.97 Å². The van der Waals surface area contributed by atoms with E-state index in [1.54, 1.807) is 36.4 Å². The number of rotatable bonds is 4. The SMILES string of the molecule is COC(=O)c1c(N)c(C#N)cn1-c1ccc2nn(-c3ccc(OC)c(Cl)c3)nc2c1. The van der Waals surface area contributed by atoms with E-state index in [4.69, 9.17) is 26.8 Å². The van der Waals surface area contributed by atoms with Crippen molar-refractivity contribution in [2.45, 2.75) is 0 Å². The van der Waals surface area contributed by atoms with E-state index >= 15 is 0 Å². The normalized spacial score (nSPS) is 10.7. The van der Waals surface area contributed by atoms with Gasteiger partial charge in [0, 0.05) is 11.9 Å². The number of carbonyl (C=O) groups is 1. The van der Waals surface area contributed by atoms with E-state index in [2.05, 4.69) is 10.2 Å². The lowest BCUT2D eigenvalue weighted by atomic mass is 10.2. The lowest BCUT2D eigenvalue weighted by Gasteiger charge is -2.08. The van der Waals surface area contributed by atoms with Gasteiger partial charge in [0.1, 0.15) is 22.9 Å². The molecule has 0 aliphatic heterocycles. The Balaban J connectivity index is 1.82. The summed E-state index contributed by atoms with van der Waals surface area (Å²) in [7, 11) is 2.79. The minimum atomic E-state index is -0.648. The molecule has 0 atom stereocenters. The first-order valence-corrected chi connectivity index (χ1v) is 9.05. The highest BCUT2D eigenvalue weighted by atomic mass is 35.5. The molecule has 4 rings (SSSR count). The molecule has 0 saturated heterocycles. The van der Waals surface area contributed by atoms with Gasteiger partial charge in [0.25, 0.3) is 0 Å². The van der Waals surface area contributed by atoms with Crippen LogP contribution in [0.4, 0.5) is 5.69 Å². The van der Waals surface area contributed by atoms with Gasteiger partial charge in [0.2, 0.25) is 0 Å². The van der Waals surface area contributed by atoms with Crippen molar-refractivity contribution in [2.75, 3.05) is 20.0 Å². The van der Waals surface area contributed by atoms with E-state index in [-0.39, 0.29) is 16.9 Å². The Morgan fingerprint density at radius 2 is 1.87 bits per heavy atom. The smallest absolute Gasteiger partial charge is 0.357 e. The summed E-state index contributed by atoms with van der Waals surface area (Å²) in [6.45, 7) is 0. The molecule has 2 heterocycles. The van der Waals surface area contributed by atoms with Crippen LogP contribution in [0.1, 0.15) is 16.1 Å². The number of fused-ring (bicyclic) bond motifs is 1. The fourth-order valence-corrected chi connectivity index (χ4v) is 3.32. The van der Waals surface area contributed by atoms with Gasteiger partial charge < -0.3 is 19.8 Å². The molecule has 0 radical (unpaired) electrons. The quantitative estimate of drug-likeness (QED) is 0.501. The molecule has 4 aromatic rings. The number of benzene rings is 2. The minimum Gasteiger partial charge on any atom is -0.495 e. The summed E-state index contributed by atoms with van der Waals surface area (Å²) in [4.78, 5) is 13.7. The molecule has 2 N–H and O–H groups in total. The molecule has 2 aromatic carbocycles. The van der Waals surface area contributed by atoms with Crippen LogP contribution in [0, 0.1) is 11.3 Å². The number of anilines is 1. The molecule has 2 aromatic heterocycles. The first-order chi connectivity index (χ1) is 14.5. The highest BCUT2D eigenvalue weighted by Crippen LogP contribution is 2.28. The van der Waals surface area contributed by atoms with Crippen LogP contribution < -0.4 is 10.5 Å². The monoisotopic (exact) mass is 422 g/mol. The first kappa shape index (κ1) is 19.3. The Morgan fingerprint density at radius 1 is 1.13 bits per heavy atom. The van der Waals surface area contributed by atoms with Crippen molar-refractivity contribution in [3.8, 4) is 23.2 Å². The predicted octanol–water partition coefficient (Wildman–Crippen LogP) is 3.11. The third kappa shape index (κ3) is 3.09. The lowest BCUT2D eigenvalue weighted by Crippen LogP contribution is -2.11. The molecule has 0 aliphatic rings. The summed E-state index contributed by atoms with van der Waals surface area (Å²) in [5.41, 5.74) is 8.70. The van der Waals surface area contributed by atoms with Crippen molar-refractivity contribution >= 4 is 34.3 Å². The number of methoxy groups -OCH3 is 2. The fourth-order valence-electron chi connectivity index (χ4n) is 3.07. The third-order valence-corrected chi connectivity index (χ3v) is 4.85. The van der Waals surface area contributed by atoms with E-state index in [1.165, 1.54) is 29.8 Å². The van der Waals surface area contributed by atoms with Crippen LogP contribution >= 0.6 is 11.6 Å². The van der Waals surface area contributed by atoms with Gasteiger partial charge in [-0.15, -0.1) is 10.2 Å². The molecule has 0 amide bonds. The number of ether oxygens (including phenoxy) is 2. The van der Waals surface area contributed by atoms with Crippen LogP contribution in [0.15, 0.2) is 42.6 Å². The highest BCUT2D eigenvalue weighted by Gasteiger charge is 2.22. The average molecular weight is 423 g/mol. The maximum atomic E-state index is 12.2. The van der Waals surface area contributed by atoms with Crippen LogP contribution in [0.3, 0.4) is 0 Å². The van der Waals surface area contributed by atoms with Crippen molar-refractivity contribution < 1.29 is 14.3 Å². The number of hydrogen-bond donors (Lipinski definition) is 1. The third-order valence-electron chi connectivity index (χ3n) is 4.55. The summed E-state index contributed by atoms with van der Waals surface area (Å²) in [5, 5.41) is 18.7. The molecular formula is C20H15ClN6O3. The van der Waals surface area contributed by atoms with Crippen LogP contribution in [-0.4, -0.2) is 39.7 Å². The zero-order valence-corrected chi connectivity index (χ0v) is 16.7. The van der Waals surface area contributed by atoms with Gasteiger partial charge in [0.15, 0.2) is 5.69 Å². The van der Waals surface area contributed by atoms with E-state index in [9.17, 15) is 10.1 Å². The maximum Gasteiger partial charge on any atom is 0.357 e. The number of carbonyl (C=O) groups excluding carboxylic acids is 1. The number of nitrogen functional groups attached to an aromatic ring is 1. The molecular weight excluding hydrogens is 408 g/mol. The molecule has 0 unspecified atom stereocenters. The second kappa shape index (κ2) is 7.42. The van der Waals surface area contributed by atoms with Crippen LogP contribution in [-0.2, 0) is 4.74 Å². The fraction of sp³-hybridized carbons (Fsp3) is 0.100. The van der Waals surface area contributed by atoms with Crippen molar-refractivity contribution in [3.05, 3.63) is 58.9 Å². The first-order valence-electron chi connectivity index (χ1n) is 8.67. The summed E-state index contributed by atoms with van der Waals surface area (Å²) in [5.74, 6) is -0.0983.